The van der Waals surface area contributed by atoms with Gasteiger partial charge in [0.05, 0.1) is 0 Å². The van der Waals surface area contributed by atoms with Crippen molar-refractivity contribution >= 4 is 17.2 Å². The van der Waals surface area contributed by atoms with Crippen LogP contribution in [0.1, 0.15) is 48.3 Å². The number of carbonyl (C=O) groups excluding carboxylic acids is 1. The van der Waals surface area contributed by atoms with E-state index in [0.717, 1.165) is 18.4 Å². The van der Waals surface area contributed by atoms with Crippen LogP contribution in [0.15, 0.2) is 11.4 Å². The van der Waals surface area contributed by atoms with Crippen molar-refractivity contribution in [3.63, 3.8) is 0 Å². The first-order valence-corrected chi connectivity index (χ1v) is 7.53. The summed E-state index contributed by atoms with van der Waals surface area (Å²) < 4.78 is 0. The van der Waals surface area contributed by atoms with E-state index in [9.17, 15) is 4.79 Å². The third-order valence-electron chi connectivity index (χ3n) is 3.59. The molecule has 0 saturated carbocycles. The smallest absolute Gasteiger partial charge is 0.265 e. The van der Waals surface area contributed by atoms with Crippen molar-refractivity contribution < 1.29 is 9.90 Å². The maximum Gasteiger partial charge on any atom is 0.265 e. The molecule has 1 fully saturated rings. The molecule has 3 nitrogen and oxygen atoms in total. The third kappa shape index (κ3) is 2.99. The highest BCUT2D eigenvalue weighted by atomic mass is 32.1. The zero-order valence-electron chi connectivity index (χ0n) is 11.3. The Kier molecular flexibility index (Phi) is 4.62. The molecule has 0 bridgehead atoms. The van der Waals surface area contributed by atoms with Crippen LogP contribution in [0.2, 0.25) is 0 Å². The van der Waals surface area contributed by atoms with Gasteiger partial charge in [0, 0.05) is 17.6 Å². The van der Waals surface area contributed by atoms with Crippen molar-refractivity contribution in [1.29, 1.82) is 0 Å². The molecule has 1 aromatic heterocycles. The normalized spacial score (nSPS) is 22.8. The molecular formula is C15H19NO2S. The number of hydrogen-bond acceptors (Lipinski definition) is 3. The minimum absolute atomic E-state index is 0.0805. The van der Waals surface area contributed by atoms with Gasteiger partial charge in [-0.15, -0.1) is 11.3 Å². The molecule has 2 heterocycles. The van der Waals surface area contributed by atoms with Gasteiger partial charge in [0.15, 0.2) is 0 Å². The Hall–Kier alpha value is -1.31. The molecular weight excluding hydrogens is 258 g/mol. The Balaban J connectivity index is 2.26. The highest BCUT2D eigenvalue weighted by Crippen LogP contribution is 2.27. The molecule has 19 heavy (non-hydrogen) atoms. The molecule has 1 aliphatic heterocycles. The van der Waals surface area contributed by atoms with E-state index in [4.69, 9.17) is 5.11 Å². The van der Waals surface area contributed by atoms with E-state index in [1.807, 2.05) is 16.3 Å². The van der Waals surface area contributed by atoms with Gasteiger partial charge < -0.3 is 10.0 Å². The van der Waals surface area contributed by atoms with E-state index >= 15 is 0 Å². The second-order valence-electron chi connectivity index (χ2n) is 4.96. The van der Waals surface area contributed by atoms with Gasteiger partial charge in [0.25, 0.3) is 5.91 Å². The topological polar surface area (TPSA) is 40.5 Å². The highest BCUT2D eigenvalue weighted by Gasteiger charge is 2.31. The molecule has 0 unspecified atom stereocenters. The fourth-order valence-corrected chi connectivity index (χ4v) is 3.44. The van der Waals surface area contributed by atoms with Gasteiger partial charge in [-0.1, -0.05) is 11.8 Å². The molecule has 0 aliphatic carbocycles. The number of amides is 1. The average Bonchev–Trinajstić information content (AvgIpc) is 2.84. The van der Waals surface area contributed by atoms with Crippen LogP contribution in [0.25, 0.3) is 0 Å². The predicted octanol–water partition coefficient (Wildman–Crippen LogP) is 2.50. The van der Waals surface area contributed by atoms with Crippen LogP contribution in [0, 0.1) is 11.8 Å². The van der Waals surface area contributed by atoms with E-state index in [2.05, 4.69) is 25.7 Å². The number of rotatable bonds is 1. The molecule has 1 saturated heterocycles. The summed E-state index contributed by atoms with van der Waals surface area (Å²) in [6.45, 7) is 4.04. The first kappa shape index (κ1) is 14.1. The number of piperidine rings is 1. The molecule has 0 aromatic carbocycles. The molecule has 0 spiro atoms. The summed E-state index contributed by atoms with van der Waals surface area (Å²) in [6.07, 6.45) is 3.33. The lowest BCUT2D eigenvalue weighted by molar-refractivity contribution is 0.0515. The second-order valence-corrected chi connectivity index (χ2v) is 5.88. The highest BCUT2D eigenvalue weighted by molar-refractivity contribution is 7.12. The van der Waals surface area contributed by atoms with E-state index in [1.54, 1.807) is 0 Å². The van der Waals surface area contributed by atoms with Gasteiger partial charge >= 0.3 is 0 Å². The van der Waals surface area contributed by atoms with Crippen molar-refractivity contribution in [2.45, 2.75) is 45.2 Å². The number of aliphatic hydroxyl groups is 1. The minimum Gasteiger partial charge on any atom is -0.384 e. The molecule has 1 aliphatic rings. The molecule has 1 N–H and O–H groups in total. The number of thiophene rings is 1. The monoisotopic (exact) mass is 277 g/mol. The molecule has 1 aromatic rings. The van der Waals surface area contributed by atoms with Crippen molar-refractivity contribution in [1.82, 2.24) is 4.90 Å². The Labute approximate surface area is 118 Å². The molecule has 2 rings (SSSR count). The van der Waals surface area contributed by atoms with Crippen LogP contribution in [-0.2, 0) is 0 Å². The number of nitrogens with zero attached hydrogens (tertiary/aromatic N) is 1. The number of likely N-dealkylation sites (tertiary alicyclic amines) is 1. The zero-order valence-corrected chi connectivity index (χ0v) is 12.2. The van der Waals surface area contributed by atoms with Gasteiger partial charge in [0.1, 0.15) is 11.5 Å². The van der Waals surface area contributed by atoms with Crippen LogP contribution in [0.4, 0.5) is 0 Å². The Morgan fingerprint density at radius 3 is 2.79 bits per heavy atom. The van der Waals surface area contributed by atoms with E-state index in [0.29, 0.717) is 4.88 Å². The van der Waals surface area contributed by atoms with E-state index < -0.39 is 0 Å². The summed E-state index contributed by atoms with van der Waals surface area (Å²) in [5.41, 5.74) is 0.731. The molecule has 4 heteroatoms. The maximum absolute atomic E-state index is 12.7. The fourth-order valence-electron chi connectivity index (χ4n) is 2.65. The van der Waals surface area contributed by atoms with Crippen LogP contribution in [-0.4, -0.2) is 34.6 Å². The van der Waals surface area contributed by atoms with Gasteiger partial charge in [-0.3, -0.25) is 4.79 Å². The molecule has 2 atom stereocenters. The van der Waals surface area contributed by atoms with Gasteiger partial charge in [-0.05, 0) is 44.6 Å². The zero-order chi connectivity index (χ0) is 13.8. The Morgan fingerprint density at radius 2 is 2.16 bits per heavy atom. The summed E-state index contributed by atoms with van der Waals surface area (Å²) in [5, 5.41) is 10.6. The van der Waals surface area contributed by atoms with Gasteiger partial charge in [-0.25, -0.2) is 0 Å². The van der Waals surface area contributed by atoms with E-state index in [1.165, 1.54) is 17.8 Å². The van der Waals surface area contributed by atoms with Crippen molar-refractivity contribution in [3.05, 3.63) is 21.9 Å². The van der Waals surface area contributed by atoms with E-state index in [-0.39, 0.29) is 24.6 Å². The first-order chi connectivity index (χ1) is 9.15. The molecule has 102 valence electrons. The lowest BCUT2D eigenvalue weighted by Crippen LogP contribution is -2.47. The second kappa shape index (κ2) is 6.23. The first-order valence-electron chi connectivity index (χ1n) is 6.65. The number of aliphatic hydroxyl groups excluding tert-OH is 1. The third-order valence-corrected chi connectivity index (χ3v) is 4.49. The Bertz CT molecular complexity index is 502. The van der Waals surface area contributed by atoms with Crippen LogP contribution < -0.4 is 0 Å². The van der Waals surface area contributed by atoms with Crippen molar-refractivity contribution in [2.75, 3.05) is 6.61 Å². The fraction of sp³-hybridized carbons (Fsp3) is 0.533. The summed E-state index contributed by atoms with van der Waals surface area (Å²) in [4.78, 5) is 15.4. The summed E-state index contributed by atoms with van der Waals surface area (Å²) in [5.74, 6) is 5.55. The lowest BCUT2D eigenvalue weighted by Gasteiger charge is -2.38. The maximum atomic E-state index is 12.7. The molecule has 1 amide bonds. The predicted molar refractivity (Wildman–Crippen MR) is 77.2 cm³/mol. The average molecular weight is 277 g/mol. The van der Waals surface area contributed by atoms with Crippen LogP contribution in [0.3, 0.4) is 0 Å². The van der Waals surface area contributed by atoms with Crippen molar-refractivity contribution in [3.8, 4) is 11.8 Å². The largest absolute Gasteiger partial charge is 0.384 e. The standard InChI is InChI=1S/C15H19NO2S/c1-11-5-3-6-12(2)16(11)15(18)14-13(7-4-9-17)8-10-19-14/h8,10-12,17H,3,5-6,9H2,1-2H3/t11-,12+. The Morgan fingerprint density at radius 1 is 1.47 bits per heavy atom. The van der Waals surface area contributed by atoms with Crippen LogP contribution in [0.5, 0.6) is 0 Å². The summed E-state index contributed by atoms with van der Waals surface area (Å²) in [7, 11) is 0. The SMILES string of the molecule is C[C@@H]1CCC[C@H](C)N1C(=O)c1sccc1C#CCO. The van der Waals surface area contributed by atoms with Crippen molar-refractivity contribution in [2.24, 2.45) is 0 Å². The molecule has 0 radical (unpaired) electrons. The van der Waals surface area contributed by atoms with Crippen LogP contribution >= 0.6 is 11.3 Å². The van der Waals surface area contributed by atoms with Gasteiger partial charge in [0.2, 0.25) is 0 Å². The number of hydrogen-bond donors (Lipinski definition) is 1. The minimum atomic E-state index is -0.181. The quantitative estimate of drug-likeness (QED) is 0.801. The number of carbonyl (C=O) groups is 1. The van der Waals surface area contributed by atoms with Gasteiger partial charge in [-0.2, -0.15) is 0 Å². The summed E-state index contributed by atoms with van der Waals surface area (Å²) in [6, 6.07) is 2.42. The summed E-state index contributed by atoms with van der Waals surface area (Å²) >= 11 is 1.43. The lowest BCUT2D eigenvalue weighted by atomic mass is 9.97.